The predicted octanol–water partition coefficient (Wildman–Crippen LogP) is 15.6. The number of hydrogen-bond donors (Lipinski definition) is 0. The van der Waals surface area contributed by atoms with Gasteiger partial charge in [-0.2, -0.15) is 0 Å². The van der Waals surface area contributed by atoms with E-state index >= 15 is 0 Å². The van der Waals surface area contributed by atoms with Crippen LogP contribution < -0.4 is 0 Å². The van der Waals surface area contributed by atoms with Crippen LogP contribution in [0.4, 0.5) is 52.7 Å². The molecule has 56 heavy (non-hydrogen) atoms. The second-order valence-corrected chi connectivity index (χ2v) is 53.7. The molecule has 2 aliphatic carbocycles. The molecule has 0 saturated carbocycles. The van der Waals surface area contributed by atoms with Crippen LogP contribution in [0.1, 0.15) is 76.7 Å². The monoisotopic (exact) mass is 928 g/mol. The summed E-state index contributed by atoms with van der Waals surface area (Å²) >= 11 is -5.66. The molecule has 0 saturated heterocycles. The molecule has 0 aromatic heterocycles. The Morgan fingerprint density at radius 3 is 1.02 bits per heavy atom. The minimum absolute atomic E-state index is 0.0642. The van der Waals surface area contributed by atoms with Gasteiger partial charge in [-0.25, -0.2) is 0 Å². The Kier molecular flexibility index (Phi) is 10.4. The Morgan fingerprint density at radius 1 is 0.482 bits per heavy atom. The van der Waals surface area contributed by atoms with Crippen molar-refractivity contribution in [2.24, 2.45) is 0 Å². The Morgan fingerprint density at radius 2 is 0.768 bits per heavy atom. The van der Waals surface area contributed by atoms with E-state index in [4.69, 9.17) is 17.0 Å². The number of rotatable bonds is 4. The van der Waals surface area contributed by atoms with Gasteiger partial charge in [-0.1, -0.05) is 0 Å². The molecule has 0 fully saturated rings. The van der Waals surface area contributed by atoms with Crippen molar-refractivity contribution in [2.75, 3.05) is 0 Å². The Bertz CT molecular complexity index is 2230. The Hall–Kier alpha value is -2.80. The molecule has 2 atom stereocenters. The fourth-order valence-corrected chi connectivity index (χ4v) is 39.0. The van der Waals surface area contributed by atoms with Gasteiger partial charge >= 0.3 is 325 Å². The van der Waals surface area contributed by atoms with Crippen molar-refractivity contribution in [1.82, 2.24) is 0 Å². The van der Waals surface area contributed by atoms with Crippen LogP contribution in [-0.4, -0.2) is 5.43 Å². The first-order chi connectivity index (χ1) is 25.5. The summed E-state index contributed by atoms with van der Waals surface area (Å²) in [7, 11) is 16.3. The third-order valence-corrected chi connectivity index (χ3v) is 58.0. The summed E-state index contributed by atoms with van der Waals surface area (Å²) in [5.74, 6) is 0. The molecule has 0 radical (unpaired) electrons. The summed E-state index contributed by atoms with van der Waals surface area (Å²) in [6.45, 7) is 10.5. The summed E-state index contributed by atoms with van der Waals surface area (Å²) in [6.07, 6.45) is -17.0. The maximum atomic E-state index is 14.0. The van der Waals surface area contributed by atoms with Crippen LogP contribution in [-0.2, 0) is 39.7 Å². The zero-order valence-electron chi connectivity index (χ0n) is 30.4. The summed E-state index contributed by atoms with van der Waals surface area (Å²) in [6, 6.07) is 9.49. The van der Waals surface area contributed by atoms with Gasteiger partial charge in [0.15, 0.2) is 0 Å². The van der Waals surface area contributed by atoms with Gasteiger partial charge in [0, 0.05) is 0 Å². The molecule has 0 bridgehead atoms. The molecule has 2 aliphatic rings. The van der Waals surface area contributed by atoms with Crippen LogP contribution in [0.3, 0.4) is 0 Å². The van der Waals surface area contributed by atoms with E-state index in [1.807, 2.05) is 13.1 Å². The molecular formula is C40H32Cl2F12SiZr. The summed E-state index contributed by atoms with van der Waals surface area (Å²) < 4.78 is 166. The summed E-state index contributed by atoms with van der Waals surface area (Å²) in [5.41, 5.74) is -4.12. The van der Waals surface area contributed by atoms with Gasteiger partial charge in [-0.15, -0.1) is 0 Å². The van der Waals surface area contributed by atoms with Crippen LogP contribution in [0.5, 0.6) is 0 Å². The van der Waals surface area contributed by atoms with Crippen LogP contribution in [0.15, 0.2) is 71.8 Å². The number of aryl methyl sites for hydroxylation is 2. The van der Waals surface area contributed by atoms with Crippen molar-refractivity contribution in [3.8, 4) is 22.3 Å². The second kappa shape index (κ2) is 13.6. The van der Waals surface area contributed by atoms with Gasteiger partial charge in [0.25, 0.3) is 0 Å². The normalized spacial score (nSPS) is 17.8. The molecule has 0 spiro atoms. The van der Waals surface area contributed by atoms with Crippen LogP contribution >= 0.6 is 17.0 Å². The molecule has 0 nitrogen and oxygen atoms in total. The molecular weight excluding hydrogens is 899 g/mol. The topological polar surface area (TPSA) is 0 Å². The van der Waals surface area contributed by atoms with E-state index in [0.29, 0.717) is 68.8 Å². The summed E-state index contributed by atoms with van der Waals surface area (Å²) in [4.78, 5) is 0. The first kappa shape index (κ1) is 42.8. The zero-order valence-corrected chi connectivity index (χ0v) is 35.3. The second-order valence-electron chi connectivity index (χ2n) is 14.9. The van der Waals surface area contributed by atoms with Gasteiger partial charge in [0.2, 0.25) is 0 Å². The first-order valence-corrected chi connectivity index (χ1v) is 32.4. The van der Waals surface area contributed by atoms with Gasteiger partial charge in [-0.3, -0.25) is 0 Å². The van der Waals surface area contributed by atoms with Crippen molar-refractivity contribution in [1.29, 1.82) is 0 Å². The maximum absolute atomic E-state index is 14.0. The number of allylic oxidation sites excluding steroid dienone is 2. The average molecular weight is 931 g/mol. The van der Waals surface area contributed by atoms with E-state index in [2.05, 4.69) is 0 Å². The van der Waals surface area contributed by atoms with Gasteiger partial charge in [-0.05, 0) is 0 Å². The van der Waals surface area contributed by atoms with Crippen molar-refractivity contribution in [3.05, 3.63) is 127 Å². The Labute approximate surface area is 323 Å². The SMILES string of the molecule is CC1=Cc2c(ccc(C)c2-c2cc(C(F)(F)F)cc(C(F)(F)F)c2)[CH]1[Zr]([Cl])([Cl])([CH]1C(C)=Cc2c1ccc(C)c2-c1cc(C(F)(F)F)cc(C(F)(F)F)c1)=[Si](C)C. The quantitative estimate of drug-likeness (QED) is 0.141. The fourth-order valence-electron chi connectivity index (χ4n) is 8.53. The van der Waals surface area contributed by atoms with E-state index in [9.17, 15) is 52.7 Å². The number of benzene rings is 4. The Balaban J connectivity index is 1.60. The van der Waals surface area contributed by atoms with Gasteiger partial charge in [0.05, 0.1) is 0 Å². The number of alkyl halides is 12. The number of halogens is 14. The van der Waals surface area contributed by atoms with Crippen molar-refractivity contribution in [3.63, 3.8) is 0 Å². The van der Waals surface area contributed by atoms with E-state index < -0.39 is 74.7 Å². The first-order valence-electron chi connectivity index (χ1n) is 17.1. The van der Waals surface area contributed by atoms with Gasteiger partial charge in [0.1, 0.15) is 0 Å². The molecule has 0 N–H and O–H groups in total. The van der Waals surface area contributed by atoms with E-state index in [1.54, 1.807) is 64.1 Å². The standard InChI is InChI=1S/2C19H13F6.C2H6Si.2ClH.Zr/c2*1-10-5-12-4-3-11(2)17(16(12)6-10)13-7-14(18(20,21)22)9-15(8-13)19(23,24)25;1-3-2;;;/h2*3-9H,1-2H3;1-2H3;2*1H;/q;;;;;+2/p-2. The molecule has 4 aromatic carbocycles. The van der Waals surface area contributed by atoms with Crippen LogP contribution in [0.2, 0.25) is 13.1 Å². The van der Waals surface area contributed by atoms with Crippen LogP contribution in [0.25, 0.3) is 34.4 Å². The van der Waals surface area contributed by atoms with E-state index in [0.717, 1.165) is 0 Å². The predicted molar refractivity (Wildman–Crippen MR) is 195 cm³/mol. The van der Waals surface area contributed by atoms with Crippen LogP contribution in [0, 0.1) is 13.8 Å². The number of fused-ring (bicyclic) bond motifs is 2. The van der Waals surface area contributed by atoms with Crippen molar-refractivity contribution >= 4 is 34.6 Å². The zero-order chi connectivity index (χ0) is 41.9. The fraction of sp³-hybridized carbons (Fsp3) is 0.300. The summed E-state index contributed by atoms with van der Waals surface area (Å²) in [5, 5.41) is 0. The van der Waals surface area contributed by atoms with Gasteiger partial charge < -0.3 is 0 Å². The third-order valence-electron chi connectivity index (χ3n) is 11.0. The molecule has 4 aromatic rings. The molecule has 6 rings (SSSR count). The molecule has 0 heterocycles. The van der Waals surface area contributed by atoms with E-state index in [-0.39, 0.29) is 34.4 Å². The average Bonchev–Trinajstić information content (AvgIpc) is 3.58. The molecule has 2 unspecified atom stereocenters. The molecule has 0 amide bonds. The van der Waals surface area contributed by atoms with E-state index in [1.165, 1.54) is 0 Å². The third kappa shape index (κ3) is 7.06. The number of hydrogen-bond acceptors (Lipinski definition) is 0. The molecule has 298 valence electrons. The van der Waals surface area contributed by atoms with Crippen molar-refractivity contribution in [2.45, 2.75) is 72.7 Å². The molecule has 16 heteroatoms. The van der Waals surface area contributed by atoms with Crippen molar-refractivity contribution < 1.29 is 67.7 Å². The minimum atomic E-state index is -5.66. The molecule has 0 aliphatic heterocycles.